The highest BCUT2D eigenvalue weighted by molar-refractivity contribution is 5.85. The fourth-order valence-corrected chi connectivity index (χ4v) is 2.34. The van der Waals surface area contributed by atoms with E-state index in [1.54, 1.807) is 0 Å². The highest BCUT2D eigenvalue weighted by Gasteiger charge is 2.20. The number of rotatable bonds is 6. The first-order chi connectivity index (χ1) is 9.79. The molecule has 0 aliphatic carbocycles. The van der Waals surface area contributed by atoms with Crippen molar-refractivity contribution < 1.29 is 9.53 Å². The zero-order valence-corrected chi connectivity index (χ0v) is 13.4. The lowest BCUT2D eigenvalue weighted by Gasteiger charge is -2.21. The van der Waals surface area contributed by atoms with Gasteiger partial charge >= 0.3 is 0 Å². The van der Waals surface area contributed by atoms with Gasteiger partial charge in [0.15, 0.2) is 0 Å². The van der Waals surface area contributed by atoms with Crippen LogP contribution < -0.4 is 15.4 Å². The van der Waals surface area contributed by atoms with E-state index in [4.69, 9.17) is 4.74 Å². The van der Waals surface area contributed by atoms with Gasteiger partial charge in [-0.25, -0.2) is 0 Å². The number of ether oxygens (including phenoxy) is 1. The molecule has 21 heavy (non-hydrogen) atoms. The zero-order chi connectivity index (χ0) is 14.2. The van der Waals surface area contributed by atoms with Gasteiger partial charge in [-0.05, 0) is 50.0 Å². The Morgan fingerprint density at radius 2 is 1.95 bits per heavy atom. The third-order valence-corrected chi connectivity index (χ3v) is 3.57. The van der Waals surface area contributed by atoms with E-state index < -0.39 is 0 Å². The fourth-order valence-electron chi connectivity index (χ4n) is 2.34. The first-order valence-electron chi connectivity index (χ1n) is 7.49. The minimum atomic E-state index is 0. The number of benzene rings is 1. The summed E-state index contributed by atoms with van der Waals surface area (Å²) in [5.74, 6) is 1.24. The summed E-state index contributed by atoms with van der Waals surface area (Å²) >= 11 is 0. The van der Waals surface area contributed by atoms with Gasteiger partial charge in [0.25, 0.3) is 0 Å². The lowest BCUT2D eigenvalue weighted by atomic mass is 9.97. The molecule has 5 heteroatoms. The van der Waals surface area contributed by atoms with Gasteiger partial charge in [-0.3, -0.25) is 4.79 Å². The van der Waals surface area contributed by atoms with Crippen LogP contribution in [0.5, 0.6) is 5.75 Å². The van der Waals surface area contributed by atoms with Crippen LogP contribution in [0.25, 0.3) is 0 Å². The predicted molar refractivity (Wildman–Crippen MR) is 86.9 cm³/mol. The average Bonchev–Trinajstić information content (AvgIpc) is 2.52. The Labute approximate surface area is 133 Å². The maximum Gasteiger partial charge on any atom is 0.223 e. The molecule has 0 unspecified atom stereocenters. The van der Waals surface area contributed by atoms with E-state index in [-0.39, 0.29) is 24.2 Å². The Bertz CT molecular complexity index is 417. The van der Waals surface area contributed by atoms with Crippen LogP contribution in [0, 0.1) is 5.92 Å². The standard InChI is InChI=1S/C16H24N2O2.ClH/c1-2-11-20-15-5-3-13(4-6-15)12-18-16(19)14-7-9-17-10-8-14;/h3-6,14,17H,2,7-12H2,1H3,(H,18,19);1H. The van der Waals surface area contributed by atoms with Crippen LogP contribution in [0.3, 0.4) is 0 Å². The van der Waals surface area contributed by atoms with Crippen molar-refractivity contribution in [1.29, 1.82) is 0 Å². The van der Waals surface area contributed by atoms with Crippen LogP contribution in [0.15, 0.2) is 24.3 Å². The Hall–Kier alpha value is -1.26. The fraction of sp³-hybridized carbons (Fsp3) is 0.562. The van der Waals surface area contributed by atoms with E-state index in [0.717, 1.165) is 50.3 Å². The molecule has 1 aromatic rings. The Balaban J connectivity index is 0.00000220. The van der Waals surface area contributed by atoms with Crippen molar-refractivity contribution in [2.75, 3.05) is 19.7 Å². The van der Waals surface area contributed by atoms with E-state index in [9.17, 15) is 4.79 Å². The molecule has 1 aliphatic heterocycles. The Kier molecular flexibility index (Phi) is 8.16. The minimum absolute atomic E-state index is 0. The van der Waals surface area contributed by atoms with Crippen molar-refractivity contribution >= 4 is 18.3 Å². The number of amides is 1. The second kappa shape index (κ2) is 9.64. The van der Waals surface area contributed by atoms with Gasteiger partial charge in [0.05, 0.1) is 6.61 Å². The molecule has 1 saturated heterocycles. The number of halogens is 1. The van der Waals surface area contributed by atoms with Crippen LogP contribution >= 0.6 is 12.4 Å². The van der Waals surface area contributed by atoms with Crippen molar-refractivity contribution in [3.63, 3.8) is 0 Å². The van der Waals surface area contributed by atoms with E-state index in [1.807, 2.05) is 24.3 Å². The van der Waals surface area contributed by atoms with E-state index in [2.05, 4.69) is 17.6 Å². The molecule has 0 saturated carbocycles. The van der Waals surface area contributed by atoms with Gasteiger partial charge < -0.3 is 15.4 Å². The number of hydrogen-bond acceptors (Lipinski definition) is 3. The molecule has 2 rings (SSSR count). The van der Waals surface area contributed by atoms with Crippen molar-refractivity contribution in [2.24, 2.45) is 5.92 Å². The van der Waals surface area contributed by atoms with E-state index in [1.165, 1.54) is 0 Å². The molecule has 1 amide bonds. The average molecular weight is 313 g/mol. The highest BCUT2D eigenvalue weighted by atomic mass is 35.5. The lowest BCUT2D eigenvalue weighted by Crippen LogP contribution is -2.37. The van der Waals surface area contributed by atoms with Crippen molar-refractivity contribution in [3.8, 4) is 5.75 Å². The summed E-state index contributed by atoms with van der Waals surface area (Å²) in [5.41, 5.74) is 1.11. The number of piperidine rings is 1. The zero-order valence-electron chi connectivity index (χ0n) is 12.6. The molecule has 2 N–H and O–H groups in total. The number of carbonyl (C=O) groups is 1. The van der Waals surface area contributed by atoms with Gasteiger partial charge in [-0.1, -0.05) is 19.1 Å². The Morgan fingerprint density at radius 1 is 1.29 bits per heavy atom. The van der Waals surface area contributed by atoms with Crippen molar-refractivity contribution in [3.05, 3.63) is 29.8 Å². The molecular formula is C16H25ClN2O2. The van der Waals surface area contributed by atoms with Gasteiger partial charge in [-0.2, -0.15) is 0 Å². The van der Waals surface area contributed by atoms with E-state index in [0.29, 0.717) is 6.54 Å². The molecule has 0 radical (unpaired) electrons. The molecule has 118 valence electrons. The topological polar surface area (TPSA) is 50.4 Å². The molecule has 1 aromatic carbocycles. The number of carbonyl (C=O) groups excluding carboxylic acids is 1. The van der Waals surface area contributed by atoms with Gasteiger partial charge in [-0.15, -0.1) is 12.4 Å². The lowest BCUT2D eigenvalue weighted by molar-refractivity contribution is -0.125. The van der Waals surface area contributed by atoms with Gasteiger partial charge in [0, 0.05) is 12.5 Å². The quantitative estimate of drug-likeness (QED) is 0.848. The second-order valence-electron chi connectivity index (χ2n) is 5.23. The summed E-state index contributed by atoms with van der Waals surface area (Å²) in [6, 6.07) is 7.94. The monoisotopic (exact) mass is 312 g/mol. The molecule has 1 heterocycles. The first-order valence-corrected chi connectivity index (χ1v) is 7.49. The Morgan fingerprint density at radius 3 is 2.57 bits per heavy atom. The summed E-state index contributed by atoms with van der Waals surface area (Å²) < 4.78 is 5.54. The van der Waals surface area contributed by atoms with Gasteiger partial charge in [0.1, 0.15) is 5.75 Å². The largest absolute Gasteiger partial charge is 0.494 e. The normalized spacial score (nSPS) is 15.1. The van der Waals surface area contributed by atoms with Crippen LogP contribution in [0.1, 0.15) is 31.7 Å². The third kappa shape index (κ3) is 5.94. The molecule has 4 nitrogen and oxygen atoms in total. The number of hydrogen-bond donors (Lipinski definition) is 2. The summed E-state index contributed by atoms with van der Waals surface area (Å²) in [6.07, 6.45) is 2.89. The van der Waals surface area contributed by atoms with Crippen LogP contribution in [0.4, 0.5) is 0 Å². The molecule has 1 aliphatic rings. The molecule has 0 aromatic heterocycles. The molecule has 0 bridgehead atoms. The smallest absolute Gasteiger partial charge is 0.223 e. The maximum atomic E-state index is 12.0. The first kappa shape index (κ1) is 17.8. The maximum absolute atomic E-state index is 12.0. The molecule has 0 spiro atoms. The highest BCUT2D eigenvalue weighted by Crippen LogP contribution is 2.14. The van der Waals surface area contributed by atoms with Gasteiger partial charge in [0.2, 0.25) is 5.91 Å². The number of nitrogens with one attached hydrogen (secondary N) is 2. The molecule has 1 fully saturated rings. The predicted octanol–water partition coefficient (Wildman–Crippen LogP) is 2.51. The van der Waals surface area contributed by atoms with E-state index >= 15 is 0 Å². The summed E-state index contributed by atoms with van der Waals surface area (Å²) in [6.45, 7) is 5.32. The second-order valence-corrected chi connectivity index (χ2v) is 5.23. The van der Waals surface area contributed by atoms with Crippen molar-refractivity contribution in [1.82, 2.24) is 10.6 Å². The summed E-state index contributed by atoms with van der Waals surface area (Å²) in [7, 11) is 0. The summed E-state index contributed by atoms with van der Waals surface area (Å²) in [5, 5.41) is 6.30. The van der Waals surface area contributed by atoms with Crippen molar-refractivity contribution in [2.45, 2.75) is 32.7 Å². The minimum Gasteiger partial charge on any atom is -0.494 e. The third-order valence-electron chi connectivity index (χ3n) is 3.57. The van der Waals surface area contributed by atoms with Crippen LogP contribution in [-0.4, -0.2) is 25.6 Å². The SMILES string of the molecule is CCCOc1ccc(CNC(=O)C2CCNCC2)cc1.Cl. The van der Waals surface area contributed by atoms with Crippen LogP contribution in [-0.2, 0) is 11.3 Å². The summed E-state index contributed by atoms with van der Waals surface area (Å²) in [4.78, 5) is 12.0. The van der Waals surface area contributed by atoms with Crippen LogP contribution in [0.2, 0.25) is 0 Å². The molecule has 0 atom stereocenters. The molecular weight excluding hydrogens is 288 g/mol.